The van der Waals surface area contributed by atoms with Crippen LogP contribution in [0.4, 0.5) is 0 Å². The van der Waals surface area contributed by atoms with Gasteiger partial charge < -0.3 is 10.4 Å². The zero-order valence-electron chi connectivity index (χ0n) is 9.52. The summed E-state index contributed by atoms with van der Waals surface area (Å²) in [6.45, 7) is 1.46. The highest BCUT2D eigenvalue weighted by Gasteiger charge is 2.06. The van der Waals surface area contributed by atoms with Crippen molar-refractivity contribution in [1.29, 1.82) is 0 Å². The Kier molecular flexibility index (Phi) is 4.52. The molecule has 0 saturated heterocycles. The zero-order valence-corrected chi connectivity index (χ0v) is 11.9. The van der Waals surface area contributed by atoms with E-state index >= 15 is 0 Å². The Morgan fingerprint density at radius 1 is 1.17 bits per heavy atom. The molecule has 0 unspecified atom stereocenters. The quantitative estimate of drug-likeness (QED) is 0.884. The van der Waals surface area contributed by atoms with Crippen molar-refractivity contribution in [2.45, 2.75) is 13.1 Å². The second-order valence-corrected chi connectivity index (χ2v) is 5.89. The predicted molar refractivity (Wildman–Crippen MR) is 76.0 cm³/mol. The molecule has 0 fully saturated rings. The minimum Gasteiger partial charge on any atom is -0.477 e. The number of carboxylic acid groups (broad SMARTS) is 1. The number of rotatable bonds is 5. The first-order valence-electron chi connectivity index (χ1n) is 5.42. The maximum atomic E-state index is 10.7. The van der Waals surface area contributed by atoms with E-state index < -0.39 is 5.97 Å². The minimum atomic E-state index is -0.862. The van der Waals surface area contributed by atoms with E-state index in [0.29, 0.717) is 11.4 Å². The van der Waals surface area contributed by atoms with Crippen molar-refractivity contribution in [2.75, 3.05) is 0 Å². The molecule has 0 aliphatic rings. The number of benzene rings is 1. The summed E-state index contributed by atoms with van der Waals surface area (Å²) < 4.78 is 1.07. The van der Waals surface area contributed by atoms with Crippen LogP contribution < -0.4 is 5.32 Å². The first-order valence-corrected chi connectivity index (χ1v) is 7.03. The molecule has 1 aromatic carbocycles. The number of hydrogen-bond donors (Lipinski definition) is 2. The van der Waals surface area contributed by atoms with Crippen LogP contribution in [0, 0.1) is 0 Å². The van der Waals surface area contributed by atoms with Gasteiger partial charge in [0.25, 0.3) is 0 Å². The van der Waals surface area contributed by atoms with Crippen molar-refractivity contribution in [3.05, 3.63) is 56.2 Å². The lowest BCUT2D eigenvalue weighted by atomic mass is 10.2. The molecular weight excluding hydrogens is 314 g/mol. The van der Waals surface area contributed by atoms with Crippen molar-refractivity contribution < 1.29 is 9.90 Å². The van der Waals surface area contributed by atoms with Gasteiger partial charge in [0, 0.05) is 22.4 Å². The molecule has 0 radical (unpaired) electrons. The molecule has 2 N–H and O–H groups in total. The Balaban J connectivity index is 1.84. The van der Waals surface area contributed by atoms with Gasteiger partial charge >= 0.3 is 5.97 Å². The summed E-state index contributed by atoms with van der Waals surface area (Å²) in [6, 6.07) is 11.6. The third kappa shape index (κ3) is 3.66. The molecule has 18 heavy (non-hydrogen) atoms. The van der Waals surface area contributed by atoms with E-state index in [9.17, 15) is 4.79 Å². The fourth-order valence-electron chi connectivity index (χ4n) is 1.52. The topological polar surface area (TPSA) is 49.3 Å². The predicted octanol–water partition coefficient (Wildman–Crippen LogP) is 3.50. The Hall–Kier alpha value is -1.17. The summed E-state index contributed by atoms with van der Waals surface area (Å²) in [5, 5.41) is 12.1. The number of carboxylic acids is 1. The summed E-state index contributed by atoms with van der Waals surface area (Å²) in [4.78, 5) is 12.1. The maximum Gasteiger partial charge on any atom is 0.345 e. The monoisotopic (exact) mass is 325 g/mol. The second-order valence-electron chi connectivity index (χ2n) is 3.80. The lowest BCUT2D eigenvalue weighted by Gasteiger charge is -2.03. The average molecular weight is 326 g/mol. The summed E-state index contributed by atoms with van der Waals surface area (Å²) in [5.74, 6) is -0.862. The maximum absolute atomic E-state index is 10.7. The molecule has 1 heterocycles. The summed E-state index contributed by atoms with van der Waals surface area (Å²) >= 11 is 4.70. The summed E-state index contributed by atoms with van der Waals surface area (Å²) in [5.41, 5.74) is 1.20. The highest BCUT2D eigenvalue weighted by atomic mass is 79.9. The van der Waals surface area contributed by atoms with Crippen molar-refractivity contribution in [1.82, 2.24) is 5.32 Å². The Morgan fingerprint density at radius 2 is 1.89 bits per heavy atom. The van der Waals surface area contributed by atoms with E-state index in [1.807, 2.05) is 30.3 Å². The molecule has 2 aromatic rings. The summed E-state index contributed by atoms with van der Waals surface area (Å²) in [6.07, 6.45) is 0. The first-order chi connectivity index (χ1) is 8.65. The number of nitrogens with one attached hydrogen (secondary N) is 1. The number of aromatic carboxylic acids is 1. The SMILES string of the molecule is O=C(O)c1ccc(CNCc2ccc(Br)cc2)s1. The minimum absolute atomic E-state index is 0.385. The normalized spacial score (nSPS) is 10.5. The fraction of sp³-hybridized carbons (Fsp3) is 0.154. The van der Waals surface area contributed by atoms with Crippen molar-refractivity contribution in [3.8, 4) is 0 Å². The Bertz CT molecular complexity index is 536. The largest absolute Gasteiger partial charge is 0.477 e. The van der Waals surface area contributed by atoms with Crippen LogP contribution in [0.3, 0.4) is 0 Å². The van der Waals surface area contributed by atoms with Gasteiger partial charge in [-0.25, -0.2) is 4.79 Å². The lowest BCUT2D eigenvalue weighted by molar-refractivity contribution is 0.0702. The van der Waals surface area contributed by atoms with Gasteiger partial charge in [-0.3, -0.25) is 0 Å². The molecule has 0 atom stereocenters. The molecule has 0 saturated carbocycles. The smallest absolute Gasteiger partial charge is 0.345 e. The molecular formula is C13H12BrNO2S. The molecule has 0 amide bonds. The number of halogens is 1. The second kappa shape index (κ2) is 6.13. The highest BCUT2D eigenvalue weighted by molar-refractivity contribution is 9.10. The first kappa shape index (κ1) is 13.3. The Morgan fingerprint density at radius 3 is 2.50 bits per heavy atom. The van der Waals surface area contributed by atoms with Crippen molar-refractivity contribution >= 4 is 33.2 Å². The number of carbonyl (C=O) groups is 1. The van der Waals surface area contributed by atoms with E-state index in [1.54, 1.807) is 6.07 Å². The van der Waals surface area contributed by atoms with Gasteiger partial charge in [0.2, 0.25) is 0 Å². The standard InChI is InChI=1S/C13H12BrNO2S/c14-10-3-1-9(2-4-10)7-15-8-11-5-6-12(18-11)13(16)17/h1-6,15H,7-8H2,(H,16,17). The summed E-state index contributed by atoms with van der Waals surface area (Å²) in [7, 11) is 0. The van der Waals surface area contributed by atoms with E-state index in [2.05, 4.69) is 21.2 Å². The molecule has 2 rings (SSSR count). The molecule has 0 spiro atoms. The van der Waals surface area contributed by atoms with Crippen LogP contribution in [0.5, 0.6) is 0 Å². The van der Waals surface area contributed by atoms with E-state index in [4.69, 9.17) is 5.11 Å². The number of thiophene rings is 1. The van der Waals surface area contributed by atoms with Gasteiger partial charge in [0.05, 0.1) is 0 Å². The highest BCUT2D eigenvalue weighted by Crippen LogP contribution is 2.16. The van der Waals surface area contributed by atoms with Crippen LogP contribution in [-0.2, 0) is 13.1 Å². The third-order valence-corrected chi connectivity index (χ3v) is 4.02. The molecule has 0 aliphatic carbocycles. The van der Waals surface area contributed by atoms with Gasteiger partial charge in [0.15, 0.2) is 0 Å². The van der Waals surface area contributed by atoms with Gasteiger partial charge in [-0.1, -0.05) is 28.1 Å². The molecule has 0 bridgehead atoms. The zero-order chi connectivity index (χ0) is 13.0. The fourth-order valence-corrected chi connectivity index (χ4v) is 2.60. The van der Waals surface area contributed by atoms with Crippen molar-refractivity contribution in [2.24, 2.45) is 0 Å². The van der Waals surface area contributed by atoms with Gasteiger partial charge in [-0.05, 0) is 29.8 Å². The molecule has 5 heteroatoms. The lowest BCUT2D eigenvalue weighted by Crippen LogP contribution is -2.11. The van der Waals surface area contributed by atoms with E-state index in [-0.39, 0.29) is 0 Å². The van der Waals surface area contributed by atoms with Crippen LogP contribution in [0.1, 0.15) is 20.1 Å². The molecule has 3 nitrogen and oxygen atoms in total. The van der Waals surface area contributed by atoms with Gasteiger partial charge in [-0.2, -0.15) is 0 Å². The van der Waals surface area contributed by atoms with E-state index in [0.717, 1.165) is 15.9 Å². The molecule has 0 aliphatic heterocycles. The molecule has 1 aromatic heterocycles. The Labute approximate surface area is 118 Å². The van der Waals surface area contributed by atoms with Crippen LogP contribution in [0.15, 0.2) is 40.9 Å². The molecule has 94 valence electrons. The average Bonchev–Trinajstić information content (AvgIpc) is 2.81. The van der Waals surface area contributed by atoms with Crippen LogP contribution >= 0.6 is 27.3 Å². The van der Waals surface area contributed by atoms with Crippen molar-refractivity contribution in [3.63, 3.8) is 0 Å². The number of hydrogen-bond acceptors (Lipinski definition) is 3. The van der Waals surface area contributed by atoms with Gasteiger partial charge in [-0.15, -0.1) is 11.3 Å². The van der Waals surface area contributed by atoms with E-state index in [1.165, 1.54) is 16.9 Å². The van der Waals surface area contributed by atoms with Gasteiger partial charge in [0.1, 0.15) is 4.88 Å². The van der Waals surface area contributed by atoms with Crippen LogP contribution in [0.2, 0.25) is 0 Å². The van der Waals surface area contributed by atoms with Crippen LogP contribution in [-0.4, -0.2) is 11.1 Å². The third-order valence-electron chi connectivity index (χ3n) is 2.41. The van der Waals surface area contributed by atoms with Crippen LogP contribution in [0.25, 0.3) is 0 Å².